The van der Waals surface area contributed by atoms with Crippen LogP contribution in [0.15, 0.2) is 22.7 Å². The van der Waals surface area contributed by atoms with E-state index < -0.39 is 25.0 Å². The van der Waals surface area contributed by atoms with Gasteiger partial charge in [-0.15, -0.1) is 0 Å². The SMILES string of the molecule is Cc1nc(-c2ccc(N(CC(=O)O)CC(=O)O)c(C)c2)no1. The van der Waals surface area contributed by atoms with Crippen molar-refractivity contribution in [2.45, 2.75) is 13.8 Å². The van der Waals surface area contributed by atoms with Crippen molar-refractivity contribution in [2.24, 2.45) is 0 Å². The molecule has 22 heavy (non-hydrogen) atoms. The first-order valence-electron chi connectivity index (χ1n) is 6.46. The zero-order chi connectivity index (χ0) is 16.3. The Kier molecular flexibility index (Phi) is 4.40. The van der Waals surface area contributed by atoms with Crippen molar-refractivity contribution < 1.29 is 24.3 Å². The molecule has 1 aromatic carbocycles. The van der Waals surface area contributed by atoms with Gasteiger partial charge in [0.15, 0.2) is 0 Å². The third-order valence-corrected chi connectivity index (χ3v) is 2.98. The molecule has 0 radical (unpaired) electrons. The second kappa shape index (κ2) is 6.25. The molecule has 8 heteroatoms. The summed E-state index contributed by atoms with van der Waals surface area (Å²) in [5.41, 5.74) is 1.97. The largest absolute Gasteiger partial charge is 0.480 e. The van der Waals surface area contributed by atoms with Gasteiger partial charge in [-0.25, -0.2) is 0 Å². The van der Waals surface area contributed by atoms with E-state index in [1.807, 2.05) is 0 Å². The number of benzene rings is 1. The monoisotopic (exact) mass is 305 g/mol. The summed E-state index contributed by atoms with van der Waals surface area (Å²) < 4.78 is 4.91. The molecule has 2 rings (SSSR count). The topological polar surface area (TPSA) is 117 Å². The Hall–Kier alpha value is -2.90. The number of rotatable bonds is 6. The van der Waals surface area contributed by atoms with E-state index in [1.54, 1.807) is 32.0 Å². The standard InChI is InChI=1S/C14H15N3O5/c1-8-5-10(14-15-9(2)22-16-14)3-4-11(8)17(6-12(18)19)7-13(20)21/h3-5H,6-7H2,1-2H3,(H,18,19)(H,20,21). The van der Waals surface area contributed by atoms with E-state index in [2.05, 4.69) is 10.1 Å². The quantitative estimate of drug-likeness (QED) is 0.820. The highest BCUT2D eigenvalue weighted by Gasteiger charge is 2.17. The number of hydrogen-bond donors (Lipinski definition) is 2. The van der Waals surface area contributed by atoms with E-state index in [1.165, 1.54) is 4.90 Å². The van der Waals surface area contributed by atoms with Gasteiger partial charge in [0.1, 0.15) is 13.1 Å². The molecular formula is C14H15N3O5. The molecule has 0 atom stereocenters. The first-order valence-corrected chi connectivity index (χ1v) is 6.46. The lowest BCUT2D eigenvalue weighted by Crippen LogP contribution is -2.34. The van der Waals surface area contributed by atoms with Crippen LogP contribution in [0, 0.1) is 13.8 Å². The molecule has 116 valence electrons. The van der Waals surface area contributed by atoms with Gasteiger partial charge in [0.2, 0.25) is 11.7 Å². The normalized spacial score (nSPS) is 10.5. The lowest BCUT2D eigenvalue weighted by atomic mass is 10.1. The number of aliphatic carboxylic acids is 2. The fraction of sp³-hybridized carbons (Fsp3) is 0.286. The number of nitrogens with zero attached hydrogens (tertiary/aromatic N) is 3. The van der Waals surface area contributed by atoms with Crippen molar-refractivity contribution in [3.05, 3.63) is 29.7 Å². The summed E-state index contributed by atoms with van der Waals surface area (Å²) in [4.78, 5) is 27.2. The molecule has 0 fully saturated rings. The van der Waals surface area contributed by atoms with Crippen LogP contribution in [0.4, 0.5) is 5.69 Å². The van der Waals surface area contributed by atoms with Crippen molar-refractivity contribution in [1.29, 1.82) is 0 Å². The van der Waals surface area contributed by atoms with Crippen molar-refractivity contribution >= 4 is 17.6 Å². The fourth-order valence-corrected chi connectivity index (χ4v) is 2.12. The zero-order valence-electron chi connectivity index (χ0n) is 12.1. The Balaban J connectivity index is 2.33. The third-order valence-electron chi connectivity index (χ3n) is 2.98. The number of hydrogen-bond acceptors (Lipinski definition) is 6. The summed E-state index contributed by atoms with van der Waals surface area (Å²) in [7, 11) is 0. The lowest BCUT2D eigenvalue weighted by Gasteiger charge is -2.22. The van der Waals surface area contributed by atoms with Gasteiger partial charge in [-0.1, -0.05) is 5.16 Å². The minimum Gasteiger partial charge on any atom is -0.480 e. The predicted octanol–water partition coefficient (Wildman–Crippen LogP) is 1.33. The van der Waals surface area contributed by atoms with E-state index in [-0.39, 0.29) is 0 Å². The fourth-order valence-electron chi connectivity index (χ4n) is 2.12. The highest BCUT2D eigenvalue weighted by Crippen LogP contribution is 2.25. The van der Waals surface area contributed by atoms with Gasteiger partial charge in [0.25, 0.3) is 0 Å². The average molecular weight is 305 g/mol. The van der Waals surface area contributed by atoms with E-state index in [0.29, 0.717) is 23.0 Å². The van der Waals surface area contributed by atoms with E-state index in [4.69, 9.17) is 14.7 Å². The third kappa shape index (κ3) is 3.60. The molecule has 0 bridgehead atoms. The van der Waals surface area contributed by atoms with Gasteiger partial charge in [-0.05, 0) is 30.7 Å². The molecule has 0 amide bonds. The van der Waals surface area contributed by atoms with Gasteiger partial charge in [-0.3, -0.25) is 9.59 Å². The number of carbonyl (C=O) groups is 2. The van der Waals surface area contributed by atoms with Gasteiger partial charge >= 0.3 is 11.9 Å². The molecule has 0 aliphatic rings. The molecule has 0 aliphatic heterocycles. The van der Waals surface area contributed by atoms with Gasteiger partial charge in [-0.2, -0.15) is 4.98 Å². The zero-order valence-corrected chi connectivity index (χ0v) is 12.1. The van der Waals surface area contributed by atoms with Crippen LogP contribution in [-0.2, 0) is 9.59 Å². The number of aromatic nitrogens is 2. The molecule has 2 aromatic rings. The summed E-state index contributed by atoms with van der Waals surface area (Å²) in [6.45, 7) is 2.66. The average Bonchev–Trinajstić information content (AvgIpc) is 2.83. The lowest BCUT2D eigenvalue weighted by molar-refractivity contribution is -0.136. The number of aryl methyl sites for hydroxylation is 2. The van der Waals surface area contributed by atoms with Crippen molar-refractivity contribution in [2.75, 3.05) is 18.0 Å². The molecule has 8 nitrogen and oxygen atoms in total. The molecule has 2 N–H and O–H groups in total. The van der Waals surface area contributed by atoms with E-state index in [9.17, 15) is 9.59 Å². The molecule has 0 saturated heterocycles. The number of carboxylic acid groups (broad SMARTS) is 2. The minimum absolute atomic E-state index is 0.395. The maximum absolute atomic E-state index is 10.9. The van der Waals surface area contributed by atoms with Crippen molar-refractivity contribution in [3.8, 4) is 11.4 Å². The smallest absolute Gasteiger partial charge is 0.323 e. The molecule has 0 spiro atoms. The maximum atomic E-state index is 10.9. The Labute approximate surface area is 126 Å². The van der Waals surface area contributed by atoms with Crippen molar-refractivity contribution in [3.63, 3.8) is 0 Å². The summed E-state index contributed by atoms with van der Waals surface area (Å²) in [5, 5.41) is 21.6. The van der Waals surface area contributed by atoms with Crippen LogP contribution >= 0.6 is 0 Å². The second-order valence-electron chi connectivity index (χ2n) is 4.78. The van der Waals surface area contributed by atoms with E-state index >= 15 is 0 Å². The Bertz CT molecular complexity index is 694. The minimum atomic E-state index is -1.10. The van der Waals surface area contributed by atoms with Crippen molar-refractivity contribution in [1.82, 2.24) is 10.1 Å². The summed E-state index contributed by atoms with van der Waals surface area (Å²) in [6, 6.07) is 5.11. The van der Waals surface area contributed by atoms with E-state index in [0.717, 1.165) is 5.56 Å². The van der Waals surface area contributed by atoms with Crippen LogP contribution in [-0.4, -0.2) is 45.4 Å². The van der Waals surface area contributed by atoms with Gasteiger partial charge in [0, 0.05) is 18.2 Å². The van der Waals surface area contributed by atoms with Crippen LogP contribution < -0.4 is 4.90 Å². The first-order chi connectivity index (χ1) is 10.4. The molecule has 1 heterocycles. The highest BCUT2D eigenvalue weighted by molar-refractivity contribution is 5.80. The van der Waals surface area contributed by atoms with Gasteiger partial charge < -0.3 is 19.6 Å². The summed E-state index contributed by atoms with van der Waals surface area (Å²) >= 11 is 0. The number of anilines is 1. The molecule has 0 unspecified atom stereocenters. The highest BCUT2D eigenvalue weighted by atomic mass is 16.5. The summed E-state index contributed by atoms with van der Waals surface area (Å²) in [5.74, 6) is -1.33. The number of carboxylic acids is 2. The molecule has 1 aromatic heterocycles. The maximum Gasteiger partial charge on any atom is 0.323 e. The second-order valence-corrected chi connectivity index (χ2v) is 4.78. The Morgan fingerprint density at radius 3 is 2.27 bits per heavy atom. The Morgan fingerprint density at radius 2 is 1.82 bits per heavy atom. The van der Waals surface area contributed by atoms with Crippen LogP contribution in [0.3, 0.4) is 0 Å². The molecule has 0 aliphatic carbocycles. The first kappa shape index (κ1) is 15.5. The van der Waals surface area contributed by atoms with Crippen LogP contribution in [0.25, 0.3) is 11.4 Å². The van der Waals surface area contributed by atoms with Crippen LogP contribution in [0.1, 0.15) is 11.5 Å². The molecule has 0 saturated carbocycles. The molecular weight excluding hydrogens is 290 g/mol. The summed E-state index contributed by atoms with van der Waals surface area (Å²) in [6.07, 6.45) is 0. The van der Waals surface area contributed by atoms with Crippen LogP contribution in [0.2, 0.25) is 0 Å². The van der Waals surface area contributed by atoms with Gasteiger partial charge in [0.05, 0.1) is 0 Å². The Morgan fingerprint density at radius 1 is 1.18 bits per heavy atom. The predicted molar refractivity (Wildman–Crippen MR) is 76.7 cm³/mol. The van der Waals surface area contributed by atoms with Crippen LogP contribution in [0.5, 0.6) is 0 Å².